The third-order valence-corrected chi connectivity index (χ3v) is 2.62. The van der Waals surface area contributed by atoms with E-state index in [9.17, 15) is 5.21 Å². The first-order chi connectivity index (χ1) is 9.77. The smallest absolute Gasteiger partial charge is 0.0824 e. The van der Waals surface area contributed by atoms with Gasteiger partial charge in [-0.25, -0.2) is 0 Å². The molecule has 0 saturated carbocycles. The van der Waals surface area contributed by atoms with Crippen LogP contribution in [0, 0.1) is 0 Å². The first-order valence-electron chi connectivity index (χ1n) is 7.16. The van der Waals surface area contributed by atoms with Crippen LogP contribution in [0.4, 0.5) is 0 Å². The van der Waals surface area contributed by atoms with Gasteiger partial charge in [-0.2, -0.15) is 0 Å². The Morgan fingerprint density at radius 3 is 2.14 bits per heavy atom. The first-order valence-corrected chi connectivity index (χ1v) is 7.16. The normalized spacial score (nSPS) is 14.5. The van der Waals surface area contributed by atoms with Crippen LogP contribution in [0.15, 0.2) is 53.9 Å². The number of allylic oxidation sites excluding steroid dienone is 2. The summed E-state index contributed by atoms with van der Waals surface area (Å²) in [7, 11) is 0. The van der Waals surface area contributed by atoms with Gasteiger partial charge in [-0.3, -0.25) is 10.3 Å². The van der Waals surface area contributed by atoms with E-state index in [2.05, 4.69) is 0 Å². The molecule has 0 amide bonds. The van der Waals surface area contributed by atoms with E-state index in [1.165, 1.54) is 5.06 Å². The van der Waals surface area contributed by atoms with Crippen molar-refractivity contribution in [1.29, 1.82) is 0 Å². The minimum Gasteiger partial charge on any atom is -0.397 e. The largest absolute Gasteiger partial charge is 0.397 e. The lowest BCUT2D eigenvalue weighted by Gasteiger charge is -2.22. The van der Waals surface area contributed by atoms with Crippen molar-refractivity contribution in [3.05, 3.63) is 59.4 Å². The number of aliphatic hydroxyl groups is 1. The van der Waals surface area contributed by atoms with E-state index in [1.54, 1.807) is 20.8 Å². The van der Waals surface area contributed by atoms with Gasteiger partial charge in [0, 0.05) is 0 Å². The van der Waals surface area contributed by atoms with Gasteiger partial charge in [0.2, 0.25) is 0 Å². The third-order valence-electron chi connectivity index (χ3n) is 2.62. The standard InChI is InChI=1S/C13H16N2O.C4H10O/c14-12-8-4-5-9-13(12)15(16)10-11-6-2-1-3-7-11;1-4(2,3)5/h1-3,6-9,16H,4-5,10,14H2;5H,1-3H3. The Kier molecular flexibility index (Phi) is 6.46. The van der Waals surface area contributed by atoms with Crippen molar-refractivity contribution >= 4 is 0 Å². The Labute approximate surface area is 127 Å². The van der Waals surface area contributed by atoms with Crippen molar-refractivity contribution in [3.63, 3.8) is 0 Å². The summed E-state index contributed by atoms with van der Waals surface area (Å²) >= 11 is 0. The van der Waals surface area contributed by atoms with Crippen LogP contribution in [-0.2, 0) is 6.54 Å². The highest BCUT2D eigenvalue weighted by Crippen LogP contribution is 2.18. The molecular formula is C17H26N2O2. The second-order valence-corrected chi connectivity index (χ2v) is 6.04. The maximum atomic E-state index is 9.94. The molecule has 4 N–H and O–H groups in total. The van der Waals surface area contributed by atoms with Crippen LogP contribution < -0.4 is 5.73 Å². The van der Waals surface area contributed by atoms with E-state index < -0.39 is 5.60 Å². The third kappa shape index (κ3) is 7.54. The molecule has 0 heterocycles. The molecule has 0 fully saturated rings. The molecule has 0 saturated heterocycles. The molecule has 0 radical (unpaired) electrons. The van der Waals surface area contributed by atoms with Crippen LogP contribution in [0.5, 0.6) is 0 Å². The van der Waals surface area contributed by atoms with Gasteiger partial charge in [0.1, 0.15) is 0 Å². The topological polar surface area (TPSA) is 69.7 Å². The van der Waals surface area contributed by atoms with Gasteiger partial charge in [0.15, 0.2) is 0 Å². The lowest BCUT2D eigenvalue weighted by atomic mass is 10.1. The molecule has 2 rings (SSSR count). The maximum absolute atomic E-state index is 9.94. The number of benzene rings is 1. The molecule has 1 aliphatic rings. The average Bonchev–Trinajstić information content (AvgIpc) is 2.38. The molecular weight excluding hydrogens is 264 g/mol. The van der Waals surface area contributed by atoms with Crippen molar-refractivity contribution in [2.75, 3.05) is 0 Å². The molecule has 21 heavy (non-hydrogen) atoms. The van der Waals surface area contributed by atoms with Crippen molar-refractivity contribution < 1.29 is 10.3 Å². The average molecular weight is 290 g/mol. The fourth-order valence-electron chi connectivity index (χ4n) is 1.78. The summed E-state index contributed by atoms with van der Waals surface area (Å²) in [5.41, 5.74) is 7.76. The Morgan fingerprint density at radius 1 is 1.10 bits per heavy atom. The maximum Gasteiger partial charge on any atom is 0.0824 e. The second kappa shape index (κ2) is 7.86. The zero-order chi connectivity index (χ0) is 15.9. The van der Waals surface area contributed by atoms with E-state index in [0.717, 1.165) is 24.1 Å². The van der Waals surface area contributed by atoms with Gasteiger partial charge in [0.25, 0.3) is 0 Å². The molecule has 4 nitrogen and oxygen atoms in total. The second-order valence-electron chi connectivity index (χ2n) is 6.04. The lowest BCUT2D eigenvalue weighted by molar-refractivity contribution is -0.0617. The van der Waals surface area contributed by atoms with Gasteiger partial charge in [-0.1, -0.05) is 42.5 Å². The van der Waals surface area contributed by atoms with E-state index in [4.69, 9.17) is 10.8 Å². The van der Waals surface area contributed by atoms with Gasteiger partial charge >= 0.3 is 0 Å². The van der Waals surface area contributed by atoms with Crippen LogP contribution >= 0.6 is 0 Å². The summed E-state index contributed by atoms with van der Waals surface area (Å²) in [4.78, 5) is 0. The molecule has 1 aromatic carbocycles. The van der Waals surface area contributed by atoms with Crippen molar-refractivity contribution in [2.24, 2.45) is 5.73 Å². The van der Waals surface area contributed by atoms with Crippen LogP contribution in [-0.4, -0.2) is 21.0 Å². The SMILES string of the molecule is CC(C)(C)O.NC1=CCCC=C1N(O)Cc1ccccc1. The van der Waals surface area contributed by atoms with Gasteiger partial charge < -0.3 is 10.8 Å². The van der Waals surface area contributed by atoms with Gasteiger partial charge in [-0.05, 0) is 39.2 Å². The Morgan fingerprint density at radius 2 is 1.62 bits per heavy atom. The molecule has 0 spiro atoms. The monoisotopic (exact) mass is 290 g/mol. The van der Waals surface area contributed by atoms with Gasteiger partial charge in [0.05, 0.1) is 23.5 Å². The number of nitrogens with zero attached hydrogens (tertiary/aromatic N) is 1. The number of nitrogens with two attached hydrogens (primary N) is 1. The molecule has 0 aliphatic heterocycles. The summed E-state index contributed by atoms with van der Waals surface area (Å²) in [6, 6.07) is 9.83. The van der Waals surface area contributed by atoms with Crippen LogP contribution in [0.25, 0.3) is 0 Å². The quantitative estimate of drug-likeness (QED) is 0.748. The zero-order valence-corrected chi connectivity index (χ0v) is 13.1. The highest BCUT2D eigenvalue weighted by Gasteiger charge is 2.12. The molecule has 4 heteroatoms. The molecule has 1 aromatic rings. The molecule has 0 aromatic heterocycles. The number of hydrogen-bond acceptors (Lipinski definition) is 4. The van der Waals surface area contributed by atoms with E-state index >= 15 is 0 Å². The highest BCUT2D eigenvalue weighted by molar-refractivity contribution is 5.29. The highest BCUT2D eigenvalue weighted by atomic mass is 16.5. The molecule has 116 valence electrons. The summed E-state index contributed by atoms with van der Waals surface area (Å²) in [6.07, 6.45) is 5.80. The molecule has 0 bridgehead atoms. The molecule has 1 aliphatic carbocycles. The fraction of sp³-hybridized carbons (Fsp3) is 0.412. The predicted octanol–water partition coefficient (Wildman–Crippen LogP) is 3.18. The Bertz CT molecular complexity index is 481. The minimum atomic E-state index is -0.500. The van der Waals surface area contributed by atoms with Crippen LogP contribution in [0.1, 0.15) is 39.2 Å². The van der Waals surface area contributed by atoms with Crippen molar-refractivity contribution in [1.82, 2.24) is 5.06 Å². The number of hydrogen-bond donors (Lipinski definition) is 3. The van der Waals surface area contributed by atoms with Crippen molar-refractivity contribution in [3.8, 4) is 0 Å². The lowest BCUT2D eigenvalue weighted by Crippen LogP contribution is -2.23. The summed E-state index contributed by atoms with van der Waals surface area (Å²) in [5, 5.41) is 19.7. The summed E-state index contributed by atoms with van der Waals surface area (Å²) in [6.45, 7) is 5.69. The molecule has 0 unspecified atom stereocenters. The first kappa shape index (κ1) is 17.3. The van der Waals surface area contributed by atoms with Crippen LogP contribution in [0.2, 0.25) is 0 Å². The Balaban J connectivity index is 0.000000383. The zero-order valence-electron chi connectivity index (χ0n) is 13.1. The van der Waals surface area contributed by atoms with E-state index in [1.807, 2.05) is 42.5 Å². The van der Waals surface area contributed by atoms with E-state index in [-0.39, 0.29) is 0 Å². The fourth-order valence-corrected chi connectivity index (χ4v) is 1.78. The van der Waals surface area contributed by atoms with E-state index in [0.29, 0.717) is 12.2 Å². The van der Waals surface area contributed by atoms with Crippen molar-refractivity contribution in [2.45, 2.75) is 45.8 Å². The molecule has 0 atom stereocenters. The Hall–Kier alpha value is -1.78. The van der Waals surface area contributed by atoms with Gasteiger partial charge in [-0.15, -0.1) is 0 Å². The number of rotatable bonds is 3. The predicted molar refractivity (Wildman–Crippen MR) is 85.3 cm³/mol. The summed E-state index contributed by atoms with van der Waals surface area (Å²) < 4.78 is 0. The number of hydroxylamine groups is 2. The van der Waals surface area contributed by atoms with Crippen LogP contribution in [0.3, 0.4) is 0 Å². The summed E-state index contributed by atoms with van der Waals surface area (Å²) in [5.74, 6) is 0. The minimum absolute atomic E-state index is 0.460.